The summed E-state index contributed by atoms with van der Waals surface area (Å²) in [6.07, 6.45) is 11.0. The molecule has 2 fully saturated rings. The number of nitrogens with zero attached hydrogens (tertiary/aromatic N) is 4. The van der Waals surface area contributed by atoms with Crippen molar-refractivity contribution in [3.05, 3.63) is 82.7 Å². The molecule has 0 spiro atoms. The summed E-state index contributed by atoms with van der Waals surface area (Å²) in [5, 5.41) is 21.6. The first-order chi connectivity index (χ1) is 22.8. The minimum absolute atomic E-state index is 0.131. The van der Waals surface area contributed by atoms with E-state index in [0.717, 1.165) is 97.7 Å². The molecule has 2 unspecified atom stereocenters. The van der Waals surface area contributed by atoms with E-state index in [1.807, 2.05) is 30.5 Å². The Morgan fingerprint density at radius 1 is 0.750 bits per heavy atom. The van der Waals surface area contributed by atoms with E-state index in [1.54, 1.807) is 18.3 Å². The molecule has 2 aliphatic heterocycles. The first-order valence-corrected chi connectivity index (χ1v) is 17.6. The molecule has 48 heavy (non-hydrogen) atoms. The van der Waals surface area contributed by atoms with Crippen LogP contribution in [0.25, 0.3) is 21.8 Å². The van der Waals surface area contributed by atoms with Crippen LogP contribution in [0, 0.1) is 10.8 Å². The van der Waals surface area contributed by atoms with Gasteiger partial charge in [0.1, 0.15) is 0 Å². The number of benzene rings is 2. The number of carboxylic acid groups (broad SMARTS) is 2. The van der Waals surface area contributed by atoms with E-state index in [1.165, 1.54) is 6.42 Å². The van der Waals surface area contributed by atoms with Crippen LogP contribution in [0.5, 0.6) is 0 Å². The average molecular weight is 651 g/mol. The van der Waals surface area contributed by atoms with Gasteiger partial charge in [-0.1, -0.05) is 65.7 Å². The van der Waals surface area contributed by atoms with Crippen molar-refractivity contribution >= 4 is 33.7 Å². The zero-order valence-electron chi connectivity index (χ0n) is 29.1. The van der Waals surface area contributed by atoms with Crippen LogP contribution in [0.15, 0.2) is 54.9 Å². The Bertz CT molecular complexity index is 1830. The van der Waals surface area contributed by atoms with E-state index in [0.29, 0.717) is 11.1 Å². The van der Waals surface area contributed by atoms with Crippen LogP contribution in [0.3, 0.4) is 0 Å². The molecule has 2 N–H and O–H groups in total. The molecule has 2 aromatic heterocycles. The lowest BCUT2D eigenvalue weighted by Gasteiger charge is -2.41. The molecule has 254 valence electrons. The lowest BCUT2D eigenvalue weighted by molar-refractivity contribution is 0.0688. The molecule has 0 aliphatic carbocycles. The van der Waals surface area contributed by atoms with Crippen LogP contribution in [0.1, 0.15) is 123 Å². The summed E-state index contributed by atoms with van der Waals surface area (Å²) in [6, 6.07) is 13.8. The van der Waals surface area contributed by atoms with Crippen LogP contribution < -0.4 is 0 Å². The first-order valence-electron chi connectivity index (χ1n) is 17.6. The SMILES string of the molecule is CC(C)(C)CN1CCCCC1c1ccc(C(=O)O)c2cc(CC(C)(C)CN3CCCCC3c3ccc(C(=O)O)c4ncccc34)cnc12. The van der Waals surface area contributed by atoms with E-state index in [9.17, 15) is 19.8 Å². The van der Waals surface area contributed by atoms with Gasteiger partial charge in [-0.3, -0.25) is 19.8 Å². The highest BCUT2D eigenvalue weighted by Crippen LogP contribution is 2.40. The van der Waals surface area contributed by atoms with Gasteiger partial charge in [0.2, 0.25) is 0 Å². The predicted molar refractivity (Wildman–Crippen MR) is 191 cm³/mol. The van der Waals surface area contributed by atoms with Crippen LogP contribution in [0.4, 0.5) is 0 Å². The van der Waals surface area contributed by atoms with Crippen molar-refractivity contribution in [3.63, 3.8) is 0 Å². The quantitative estimate of drug-likeness (QED) is 0.186. The summed E-state index contributed by atoms with van der Waals surface area (Å²) >= 11 is 0. The number of hydrogen-bond acceptors (Lipinski definition) is 6. The summed E-state index contributed by atoms with van der Waals surface area (Å²) in [4.78, 5) is 39.0. The lowest BCUT2D eigenvalue weighted by Crippen LogP contribution is -2.41. The Kier molecular flexibility index (Phi) is 9.60. The molecule has 2 atom stereocenters. The minimum Gasteiger partial charge on any atom is -0.478 e. The fraction of sp³-hybridized carbons (Fsp3) is 0.500. The van der Waals surface area contributed by atoms with E-state index in [4.69, 9.17) is 4.98 Å². The molecule has 0 radical (unpaired) electrons. The van der Waals surface area contributed by atoms with Gasteiger partial charge < -0.3 is 10.2 Å². The van der Waals surface area contributed by atoms with E-state index in [-0.39, 0.29) is 28.5 Å². The standard InChI is InChI=1S/C40H50N4O4/c1-39(2,3)24-43-19-8-7-13-34(43)30-16-15-29(37(45)46)32-21-26(23-42-36(30)32)22-40(4,5)25-44-20-9-6-12-33(44)27-14-17-31(38(47)48)35-28(27)11-10-18-41-35/h10-11,14-18,21,23,33-34H,6-9,12-13,19-20,22,24-25H2,1-5H3,(H,45,46)(H,47,48). The van der Waals surface area contributed by atoms with Gasteiger partial charge in [0.05, 0.1) is 22.2 Å². The summed E-state index contributed by atoms with van der Waals surface area (Å²) in [7, 11) is 0. The predicted octanol–water partition coefficient (Wildman–Crippen LogP) is 8.55. The van der Waals surface area contributed by atoms with Gasteiger partial charge in [-0.05, 0) is 97.0 Å². The number of pyridine rings is 2. The number of aromatic carboxylic acids is 2. The molecule has 2 aromatic carbocycles. The Balaban J connectivity index is 1.29. The molecule has 0 saturated carbocycles. The fourth-order valence-electron chi connectivity index (χ4n) is 8.33. The van der Waals surface area contributed by atoms with Crippen LogP contribution in [0.2, 0.25) is 0 Å². The number of rotatable bonds is 9. The highest BCUT2D eigenvalue weighted by Gasteiger charge is 2.33. The highest BCUT2D eigenvalue weighted by atomic mass is 16.4. The van der Waals surface area contributed by atoms with Crippen molar-refractivity contribution < 1.29 is 19.8 Å². The Hall–Kier alpha value is -3.88. The highest BCUT2D eigenvalue weighted by molar-refractivity contribution is 6.04. The number of hydrogen-bond donors (Lipinski definition) is 2. The van der Waals surface area contributed by atoms with Crippen LogP contribution in [-0.2, 0) is 6.42 Å². The molecule has 0 bridgehead atoms. The monoisotopic (exact) mass is 650 g/mol. The third-order valence-electron chi connectivity index (χ3n) is 10.1. The van der Waals surface area contributed by atoms with Crippen molar-refractivity contribution in [1.29, 1.82) is 0 Å². The number of likely N-dealkylation sites (tertiary alicyclic amines) is 2. The van der Waals surface area contributed by atoms with Crippen molar-refractivity contribution in [2.45, 2.75) is 91.6 Å². The normalized spacial score (nSPS) is 19.9. The molecule has 6 rings (SSSR count). The number of aromatic nitrogens is 2. The van der Waals surface area contributed by atoms with Gasteiger partial charge in [0, 0.05) is 48.3 Å². The third-order valence-corrected chi connectivity index (χ3v) is 10.1. The third kappa shape index (κ3) is 7.25. The van der Waals surface area contributed by atoms with Crippen LogP contribution in [-0.4, -0.2) is 68.1 Å². The zero-order valence-corrected chi connectivity index (χ0v) is 29.1. The topological polar surface area (TPSA) is 107 Å². The second-order valence-electron chi connectivity index (χ2n) is 16.0. The molecule has 0 amide bonds. The molecular weight excluding hydrogens is 600 g/mol. The van der Waals surface area contributed by atoms with Crippen molar-refractivity contribution in [1.82, 2.24) is 19.8 Å². The maximum Gasteiger partial charge on any atom is 0.337 e. The summed E-state index contributed by atoms with van der Waals surface area (Å²) in [6.45, 7) is 15.2. The molecule has 2 aliphatic rings. The second kappa shape index (κ2) is 13.6. The van der Waals surface area contributed by atoms with Gasteiger partial charge in [-0.15, -0.1) is 0 Å². The maximum atomic E-state index is 12.5. The average Bonchev–Trinajstić information content (AvgIpc) is 3.03. The van der Waals surface area contributed by atoms with Crippen molar-refractivity contribution in [3.8, 4) is 0 Å². The second-order valence-corrected chi connectivity index (χ2v) is 16.0. The molecule has 4 aromatic rings. The molecule has 8 heteroatoms. The smallest absolute Gasteiger partial charge is 0.337 e. The summed E-state index contributed by atoms with van der Waals surface area (Å²) < 4.78 is 0. The van der Waals surface area contributed by atoms with E-state index in [2.05, 4.69) is 55.5 Å². The summed E-state index contributed by atoms with van der Waals surface area (Å²) in [5.74, 6) is -1.89. The zero-order chi connectivity index (χ0) is 34.2. The number of carbonyl (C=O) groups is 2. The maximum absolute atomic E-state index is 12.5. The Morgan fingerprint density at radius 2 is 1.38 bits per heavy atom. The summed E-state index contributed by atoms with van der Waals surface area (Å²) in [5.41, 5.74) is 5.23. The number of piperidine rings is 2. The van der Waals surface area contributed by atoms with Gasteiger partial charge in [-0.2, -0.15) is 0 Å². The lowest BCUT2D eigenvalue weighted by atomic mass is 9.82. The minimum atomic E-state index is -0.963. The molecule has 2 saturated heterocycles. The van der Waals surface area contributed by atoms with E-state index >= 15 is 0 Å². The molecule has 4 heterocycles. The number of carboxylic acids is 2. The van der Waals surface area contributed by atoms with Gasteiger partial charge >= 0.3 is 11.9 Å². The Morgan fingerprint density at radius 3 is 2.04 bits per heavy atom. The Labute approximate surface area is 284 Å². The van der Waals surface area contributed by atoms with Gasteiger partial charge in [0.15, 0.2) is 0 Å². The molecule has 8 nitrogen and oxygen atoms in total. The van der Waals surface area contributed by atoms with Gasteiger partial charge in [-0.25, -0.2) is 9.59 Å². The van der Waals surface area contributed by atoms with Crippen LogP contribution >= 0.6 is 0 Å². The fourth-order valence-corrected chi connectivity index (χ4v) is 8.33. The van der Waals surface area contributed by atoms with Gasteiger partial charge in [0.25, 0.3) is 0 Å². The largest absolute Gasteiger partial charge is 0.478 e. The molecular formula is C40H50N4O4. The van der Waals surface area contributed by atoms with Crippen molar-refractivity contribution in [2.24, 2.45) is 10.8 Å². The number of fused-ring (bicyclic) bond motifs is 2. The van der Waals surface area contributed by atoms with Crippen molar-refractivity contribution in [2.75, 3.05) is 26.2 Å². The first kappa shape index (κ1) is 34.0. The van der Waals surface area contributed by atoms with E-state index < -0.39 is 11.9 Å².